The molecule has 0 aliphatic rings. The van der Waals surface area contributed by atoms with Gasteiger partial charge in [0.25, 0.3) is 0 Å². The van der Waals surface area contributed by atoms with E-state index in [4.69, 9.17) is 18.9 Å². The van der Waals surface area contributed by atoms with E-state index in [1.54, 1.807) is 30.6 Å². The molecule has 0 fully saturated rings. The van der Waals surface area contributed by atoms with Crippen molar-refractivity contribution in [3.05, 3.63) is 47.8 Å². The van der Waals surface area contributed by atoms with Gasteiger partial charge in [-0.3, -0.25) is 4.98 Å². The van der Waals surface area contributed by atoms with Crippen LogP contribution in [0.1, 0.15) is 18.1 Å². The summed E-state index contributed by atoms with van der Waals surface area (Å²) in [6.45, 7) is 0.767. The summed E-state index contributed by atoms with van der Waals surface area (Å²) in [5.41, 5.74) is 1.50. The molecule has 174 valence electrons. The Labute approximate surface area is 189 Å². The maximum Gasteiger partial charge on any atom is 0.422 e. The van der Waals surface area contributed by atoms with Gasteiger partial charge in [0.1, 0.15) is 0 Å². The Kier molecular flexibility index (Phi) is 8.26. The molecule has 0 saturated heterocycles. The van der Waals surface area contributed by atoms with E-state index in [1.165, 1.54) is 14.2 Å². The Balaban J connectivity index is 0.00000363. The summed E-state index contributed by atoms with van der Waals surface area (Å²) in [6, 6.07) is 6.68. The smallest absolute Gasteiger partial charge is 0.422 e. The highest BCUT2D eigenvalue weighted by molar-refractivity contribution is 5.92. The molecule has 0 atom stereocenters. The van der Waals surface area contributed by atoms with Gasteiger partial charge in [-0.2, -0.15) is 13.2 Å². The number of ether oxygens (including phenoxy) is 4. The van der Waals surface area contributed by atoms with E-state index in [0.717, 1.165) is 10.9 Å². The van der Waals surface area contributed by atoms with Crippen molar-refractivity contribution in [1.29, 1.82) is 0 Å². The lowest BCUT2D eigenvalue weighted by Crippen LogP contribution is -2.19. The molecule has 2 aromatic carbocycles. The van der Waals surface area contributed by atoms with E-state index in [0.29, 0.717) is 29.7 Å². The molecular weight excluding hydrogens is 451 g/mol. The summed E-state index contributed by atoms with van der Waals surface area (Å²) in [7, 11) is 2.68. The fourth-order valence-electron chi connectivity index (χ4n) is 3.24. The molecule has 0 amide bonds. The maximum atomic E-state index is 12.6. The summed E-state index contributed by atoms with van der Waals surface area (Å²) in [5.74, 6) is 0.478. The predicted octanol–water partition coefficient (Wildman–Crippen LogP) is 5.31. The van der Waals surface area contributed by atoms with Gasteiger partial charge < -0.3 is 24.1 Å². The number of phenolic OH excluding ortho intramolecular Hbond substituents is 1. The van der Waals surface area contributed by atoms with Crippen LogP contribution < -0.4 is 18.9 Å². The number of nitrogens with zero attached hydrogens (tertiary/aromatic N) is 1. The normalized spacial score (nSPS) is 11.1. The molecule has 0 bridgehead atoms. The van der Waals surface area contributed by atoms with Crippen LogP contribution in [0.5, 0.6) is 28.7 Å². The van der Waals surface area contributed by atoms with Crippen LogP contribution in [0.4, 0.5) is 13.2 Å². The number of aromatic nitrogens is 1. The molecule has 3 rings (SSSR count). The molecule has 0 unspecified atom stereocenters. The van der Waals surface area contributed by atoms with Crippen LogP contribution in [0.25, 0.3) is 10.8 Å². The van der Waals surface area contributed by atoms with Gasteiger partial charge >= 0.3 is 6.18 Å². The Morgan fingerprint density at radius 2 is 1.59 bits per heavy atom. The summed E-state index contributed by atoms with van der Waals surface area (Å²) >= 11 is 0. The van der Waals surface area contributed by atoms with Gasteiger partial charge in [0.2, 0.25) is 5.75 Å². The van der Waals surface area contributed by atoms with Crippen LogP contribution in [-0.2, 0) is 6.42 Å². The van der Waals surface area contributed by atoms with E-state index in [-0.39, 0.29) is 35.4 Å². The highest BCUT2D eigenvalue weighted by Crippen LogP contribution is 2.41. The van der Waals surface area contributed by atoms with Crippen molar-refractivity contribution in [2.45, 2.75) is 19.5 Å². The number of fused-ring (bicyclic) bond motifs is 1. The molecule has 1 heterocycles. The molecule has 0 saturated carbocycles. The summed E-state index contributed by atoms with van der Waals surface area (Å²) in [4.78, 5) is 4.20. The molecule has 0 aliphatic carbocycles. The van der Waals surface area contributed by atoms with E-state index in [1.807, 2.05) is 13.0 Å². The average Bonchev–Trinajstić information content (AvgIpc) is 2.74. The third-order valence-electron chi connectivity index (χ3n) is 4.55. The largest absolute Gasteiger partial charge is 0.504 e. The standard InChI is InChI=1S/C22H22F3NO5.ClH/c1-4-30-17-6-5-15-14(10-26-11-16(15)20(17)27)7-13-8-18(28-2)21(19(9-13)29-3)31-12-22(23,24)25;/h5-6,8-11,27H,4,7,12H2,1-3H3;1H. The van der Waals surface area contributed by atoms with Gasteiger partial charge in [0.15, 0.2) is 29.6 Å². The van der Waals surface area contributed by atoms with Gasteiger partial charge in [-0.1, -0.05) is 6.07 Å². The molecule has 6 nitrogen and oxygen atoms in total. The maximum absolute atomic E-state index is 12.6. The number of rotatable bonds is 8. The molecule has 3 aromatic rings. The summed E-state index contributed by atoms with van der Waals surface area (Å²) in [5, 5.41) is 11.8. The van der Waals surface area contributed by atoms with E-state index >= 15 is 0 Å². The lowest BCUT2D eigenvalue weighted by atomic mass is 9.99. The van der Waals surface area contributed by atoms with Crippen LogP contribution in [0, 0.1) is 0 Å². The highest BCUT2D eigenvalue weighted by atomic mass is 35.5. The lowest BCUT2D eigenvalue weighted by molar-refractivity contribution is -0.153. The molecule has 0 spiro atoms. The van der Waals surface area contributed by atoms with Crippen molar-refractivity contribution in [1.82, 2.24) is 4.98 Å². The van der Waals surface area contributed by atoms with E-state index < -0.39 is 12.8 Å². The van der Waals surface area contributed by atoms with Gasteiger partial charge in [-0.05, 0) is 48.1 Å². The number of hydrogen-bond acceptors (Lipinski definition) is 6. The number of phenols is 1. The van der Waals surface area contributed by atoms with Gasteiger partial charge in [-0.25, -0.2) is 0 Å². The van der Waals surface area contributed by atoms with Crippen molar-refractivity contribution >= 4 is 23.2 Å². The number of methoxy groups -OCH3 is 2. The molecule has 0 aliphatic heterocycles. The van der Waals surface area contributed by atoms with E-state index in [2.05, 4.69) is 4.98 Å². The Bertz CT molecular complexity index is 1050. The fourth-order valence-corrected chi connectivity index (χ4v) is 3.24. The number of benzene rings is 2. The summed E-state index contributed by atoms with van der Waals surface area (Å²) < 4.78 is 58.6. The fraction of sp³-hybridized carbons (Fsp3) is 0.318. The molecule has 32 heavy (non-hydrogen) atoms. The summed E-state index contributed by atoms with van der Waals surface area (Å²) in [6.07, 6.45) is -0.920. The van der Waals surface area contributed by atoms with Gasteiger partial charge in [-0.15, -0.1) is 12.4 Å². The van der Waals surface area contributed by atoms with Crippen molar-refractivity contribution in [3.8, 4) is 28.7 Å². The second-order valence-corrected chi connectivity index (χ2v) is 6.65. The SMILES string of the molecule is CCOc1ccc2c(Cc3cc(OC)c(OCC(F)(F)F)c(OC)c3)cncc2c1O.Cl. The van der Waals surface area contributed by atoms with Crippen LogP contribution >= 0.6 is 12.4 Å². The molecule has 1 N–H and O–H groups in total. The van der Waals surface area contributed by atoms with E-state index in [9.17, 15) is 18.3 Å². The zero-order valence-electron chi connectivity index (χ0n) is 17.7. The molecule has 0 radical (unpaired) electrons. The highest BCUT2D eigenvalue weighted by Gasteiger charge is 2.30. The number of aromatic hydroxyl groups is 1. The van der Waals surface area contributed by atoms with Crippen molar-refractivity contribution < 1.29 is 37.2 Å². The van der Waals surface area contributed by atoms with Gasteiger partial charge in [0.05, 0.1) is 20.8 Å². The second kappa shape index (κ2) is 10.5. The van der Waals surface area contributed by atoms with Crippen LogP contribution in [0.2, 0.25) is 0 Å². The topological polar surface area (TPSA) is 70.0 Å². The lowest BCUT2D eigenvalue weighted by Gasteiger charge is -2.17. The average molecular weight is 474 g/mol. The number of alkyl halides is 3. The Morgan fingerprint density at radius 1 is 0.938 bits per heavy atom. The number of halogens is 4. The first kappa shape index (κ1) is 25.2. The first-order chi connectivity index (χ1) is 14.8. The van der Waals surface area contributed by atoms with Crippen LogP contribution in [-0.4, -0.2) is 43.7 Å². The van der Waals surface area contributed by atoms with Crippen molar-refractivity contribution in [2.24, 2.45) is 0 Å². The number of hydrogen-bond donors (Lipinski definition) is 1. The Hall–Kier alpha value is -3.07. The zero-order valence-corrected chi connectivity index (χ0v) is 18.5. The van der Waals surface area contributed by atoms with Crippen LogP contribution in [0.15, 0.2) is 36.7 Å². The van der Waals surface area contributed by atoms with Crippen molar-refractivity contribution in [2.75, 3.05) is 27.4 Å². The molecule has 10 heteroatoms. The number of pyridine rings is 1. The minimum absolute atomic E-state index is 0. The molecule has 1 aromatic heterocycles. The first-order valence-electron chi connectivity index (χ1n) is 9.43. The Morgan fingerprint density at radius 3 is 2.16 bits per heavy atom. The van der Waals surface area contributed by atoms with Gasteiger partial charge in [0, 0.05) is 17.8 Å². The van der Waals surface area contributed by atoms with Crippen LogP contribution in [0.3, 0.4) is 0 Å². The first-order valence-corrected chi connectivity index (χ1v) is 9.43. The third-order valence-corrected chi connectivity index (χ3v) is 4.55. The minimum atomic E-state index is -4.49. The molecular formula is C22H23ClF3NO5. The predicted molar refractivity (Wildman–Crippen MR) is 116 cm³/mol. The third kappa shape index (κ3) is 5.59. The van der Waals surface area contributed by atoms with Crippen molar-refractivity contribution in [3.63, 3.8) is 0 Å². The second-order valence-electron chi connectivity index (χ2n) is 6.65. The quantitative estimate of drug-likeness (QED) is 0.478. The minimum Gasteiger partial charge on any atom is -0.504 e. The monoisotopic (exact) mass is 473 g/mol. The zero-order chi connectivity index (χ0) is 22.6.